The first kappa shape index (κ1) is 33.4. The van der Waals surface area contributed by atoms with Gasteiger partial charge in [-0.25, -0.2) is 14.4 Å². The third kappa shape index (κ3) is 7.72. The number of methoxy groups -OCH3 is 1. The molecule has 2 fully saturated rings. The lowest BCUT2D eigenvalue weighted by Crippen LogP contribution is -2.55. The Morgan fingerprint density at radius 2 is 1.81 bits per heavy atom. The maximum absolute atomic E-state index is 14.3. The predicted octanol–water partition coefficient (Wildman–Crippen LogP) is 4.39. The van der Waals surface area contributed by atoms with Crippen molar-refractivity contribution in [2.75, 3.05) is 26.8 Å². The van der Waals surface area contributed by atoms with Gasteiger partial charge < -0.3 is 29.3 Å². The number of urea groups is 1. The van der Waals surface area contributed by atoms with E-state index in [9.17, 15) is 29.3 Å². The molecule has 0 aromatic heterocycles. The summed E-state index contributed by atoms with van der Waals surface area (Å²) in [6.07, 6.45) is 6.88. The summed E-state index contributed by atoms with van der Waals surface area (Å²) in [5, 5.41) is 14.0. The number of amides is 3. The van der Waals surface area contributed by atoms with Gasteiger partial charge >= 0.3 is 18.0 Å². The van der Waals surface area contributed by atoms with Crippen LogP contribution in [0.4, 0.5) is 10.5 Å². The van der Waals surface area contributed by atoms with Crippen LogP contribution in [-0.2, 0) is 25.6 Å². The van der Waals surface area contributed by atoms with Crippen LogP contribution in [0, 0.1) is 16.0 Å². The van der Waals surface area contributed by atoms with Gasteiger partial charge in [-0.2, -0.15) is 0 Å². The molecule has 2 aliphatic heterocycles. The summed E-state index contributed by atoms with van der Waals surface area (Å²) in [6.45, 7) is 2.54. The Hall–Kier alpha value is -4.94. The third-order valence-electron chi connectivity index (χ3n) is 8.87. The molecule has 4 unspecified atom stereocenters. The van der Waals surface area contributed by atoms with Crippen molar-refractivity contribution >= 4 is 29.6 Å². The molecule has 0 spiro atoms. The minimum absolute atomic E-state index is 0.00603. The molecule has 5 rings (SSSR count). The molecule has 0 bridgehead atoms. The normalized spacial score (nSPS) is 25.3. The highest BCUT2D eigenvalue weighted by Crippen LogP contribution is 2.46. The first-order valence-corrected chi connectivity index (χ1v) is 15.9. The van der Waals surface area contributed by atoms with E-state index < -0.39 is 40.5 Å². The van der Waals surface area contributed by atoms with Crippen LogP contribution in [0.5, 0.6) is 5.75 Å². The molecule has 13 heteroatoms. The van der Waals surface area contributed by atoms with E-state index in [1.165, 1.54) is 29.2 Å². The highest BCUT2D eigenvalue weighted by molar-refractivity contribution is 5.95. The number of benzene rings is 2. The number of nitrogens with zero attached hydrogens (tertiary/aromatic N) is 3. The molecule has 1 saturated carbocycles. The van der Waals surface area contributed by atoms with Gasteiger partial charge in [0.15, 0.2) is 0 Å². The molecule has 1 saturated heterocycles. The maximum atomic E-state index is 14.3. The van der Waals surface area contributed by atoms with E-state index >= 15 is 0 Å². The second-order valence-electron chi connectivity index (χ2n) is 12.1. The number of non-ortho nitro benzene ring substituents is 1. The van der Waals surface area contributed by atoms with Crippen molar-refractivity contribution in [1.82, 2.24) is 15.1 Å². The molecule has 0 radical (unpaired) electrons. The lowest BCUT2D eigenvalue weighted by Gasteiger charge is -2.32. The summed E-state index contributed by atoms with van der Waals surface area (Å²) in [5.41, 5.74) is -0.417. The van der Waals surface area contributed by atoms with Crippen molar-refractivity contribution in [3.8, 4) is 5.75 Å². The number of hydrogen-bond donors (Lipinski definition) is 1. The molecular formula is C34H40N4O9. The van der Waals surface area contributed by atoms with E-state index in [4.69, 9.17) is 14.2 Å². The van der Waals surface area contributed by atoms with Crippen LogP contribution in [0.15, 0.2) is 60.7 Å². The zero-order chi connectivity index (χ0) is 33.6. The minimum atomic E-state index is -1.23. The topological polar surface area (TPSA) is 158 Å². The molecule has 2 aromatic rings. The maximum Gasteiger partial charge on any atom is 0.338 e. The number of nitro benzene ring substituents is 1. The zero-order valence-corrected chi connectivity index (χ0v) is 26.6. The Kier molecular flexibility index (Phi) is 10.4. The van der Waals surface area contributed by atoms with Gasteiger partial charge in [-0.1, -0.05) is 30.7 Å². The van der Waals surface area contributed by atoms with Gasteiger partial charge in [0.2, 0.25) is 5.91 Å². The van der Waals surface area contributed by atoms with Crippen LogP contribution in [0.2, 0.25) is 0 Å². The summed E-state index contributed by atoms with van der Waals surface area (Å²) < 4.78 is 16.4. The summed E-state index contributed by atoms with van der Waals surface area (Å²) in [5.74, 6) is -1.33. The van der Waals surface area contributed by atoms with Crippen molar-refractivity contribution < 1.29 is 38.3 Å². The van der Waals surface area contributed by atoms with Crippen LogP contribution < -0.4 is 10.1 Å². The van der Waals surface area contributed by atoms with Gasteiger partial charge in [-0.15, -0.1) is 0 Å². The molecule has 3 aliphatic rings. The molecule has 1 aliphatic carbocycles. The summed E-state index contributed by atoms with van der Waals surface area (Å²) >= 11 is 0. The van der Waals surface area contributed by atoms with Crippen LogP contribution in [0.25, 0.3) is 0 Å². The van der Waals surface area contributed by atoms with Crippen LogP contribution in [0.3, 0.4) is 0 Å². The lowest BCUT2D eigenvalue weighted by atomic mass is 10.1. The SMILES string of the molecule is CCOC(=O)C12CC1/C=C\CCCCCN(Cc1ccc(OC)cc1)C(=O)N1CC(OC(=O)c3ccc([N+](=O)[O-])cc3)CC1C(=O)N2. The fourth-order valence-corrected chi connectivity index (χ4v) is 6.17. The number of carbonyl (C=O) groups is 4. The highest BCUT2D eigenvalue weighted by Gasteiger charge is 2.62. The number of carbonyl (C=O) groups excluding carboxylic acids is 4. The van der Waals surface area contributed by atoms with Crippen molar-refractivity contribution in [2.24, 2.45) is 5.92 Å². The molecule has 2 heterocycles. The summed E-state index contributed by atoms with van der Waals surface area (Å²) in [6, 6.07) is 11.0. The number of nitro groups is 1. The number of fused-ring (bicyclic) bond motifs is 2. The number of hydrogen-bond acceptors (Lipinski definition) is 9. The Morgan fingerprint density at radius 3 is 2.49 bits per heavy atom. The zero-order valence-electron chi connectivity index (χ0n) is 26.6. The quantitative estimate of drug-likeness (QED) is 0.190. The Morgan fingerprint density at radius 1 is 1.06 bits per heavy atom. The van der Waals surface area contributed by atoms with E-state index in [2.05, 4.69) is 5.32 Å². The lowest BCUT2D eigenvalue weighted by molar-refractivity contribution is -0.384. The molecule has 13 nitrogen and oxygen atoms in total. The monoisotopic (exact) mass is 648 g/mol. The van der Waals surface area contributed by atoms with Gasteiger partial charge in [-0.05, 0) is 62.4 Å². The van der Waals surface area contributed by atoms with Crippen molar-refractivity contribution in [3.63, 3.8) is 0 Å². The Labute approximate surface area is 273 Å². The van der Waals surface area contributed by atoms with Gasteiger partial charge in [0, 0.05) is 37.6 Å². The van der Waals surface area contributed by atoms with E-state index in [1.54, 1.807) is 18.9 Å². The second kappa shape index (κ2) is 14.7. The number of esters is 2. The van der Waals surface area contributed by atoms with Gasteiger partial charge in [0.1, 0.15) is 23.4 Å². The number of ether oxygens (including phenoxy) is 3. The average molecular weight is 649 g/mol. The Balaban J connectivity index is 1.42. The van der Waals surface area contributed by atoms with Gasteiger partial charge in [0.25, 0.3) is 5.69 Å². The predicted molar refractivity (Wildman–Crippen MR) is 169 cm³/mol. The van der Waals surface area contributed by atoms with Crippen molar-refractivity contribution in [2.45, 2.75) is 69.7 Å². The largest absolute Gasteiger partial charge is 0.497 e. The number of nitrogens with one attached hydrogen (secondary N) is 1. The van der Waals surface area contributed by atoms with Crippen molar-refractivity contribution in [1.29, 1.82) is 0 Å². The molecule has 3 amide bonds. The molecule has 250 valence electrons. The van der Waals surface area contributed by atoms with E-state index in [-0.39, 0.29) is 49.3 Å². The molecule has 47 heavy (non-hydrogen) atoms. The van der Waals surface area contributed by atoms with E-state index in [0.29, 0.717) is 18.7 Å². The van der Waals surface area contributed by atoms with Crippen LogP contribution >= 0.6 is 0 Å². The smallest absolute Gasteiger partial charge is 0.338 e. The standard InChI is InChI=1S/C34H40N4O9/c1-3-46-32(41)34-20-25(34)9-7-5-4-6-8-18-36(21-23-10-16-27(45-2)17-11-23)33(42)37-22-28(19-29(37)30(39)35-34)47-31(40)24-12-14-26(15-13-24)38(43)44/h7,9-17,25,28-29H,3-6,8,18-22H2,1-2H3,(H,35,39)/b9-7-. The van der Waals surface area contributed by atoms with Crippen molar-refractivity contribution in [3.05, 3.63) is 81.9 Å². The molecule has 2 aromatic carbocycles. The second-order valence-corrected chi connectivity index (χ2v) is 12.1. The van der Waals surface area contributed by atoms with Gasteiger partial charge in [0.05, 0.1) is 30.7 Å². The highest BCUT2D eigenvalue weighted by atomic mass is 16.6. The fraction of sp³-hybridized carbons (Fsp3) is 0.471. The first-order chi connectivity index (χ1) is 22.6. The molecule has 4 atom stereocenters. The summed E-state index contributed by atoms with van der Waals surface area (Å²) in [7, 11) is 1.58. The van der Waals surface area contributed by atoms with E-state index in [0.717, 1.165) is 31.2 Å². The molecule has 1 N–H and O–H groups in total. The third-order valence-corrected chi connectivity index (χ3v) is 8.87. The fourth-order valence-electron chi connectivity index (χ4n) is 6.17. The minimum Gasteiger partial charge on any atom is -0.497 e. The number of allylic oxidation sites excluding steroid dienone is 1. The Bertz CT molecular complexity index is 1510. The number of rotatable bonds is 8. The molecular weight excluding hydrogens is 608 g/mol. The van der Waals surface area contributed by atoms with Crippen LogP contribution in [-0.4, -0.2) is 83.1 Å². The van der Waals surface area contributed by atoms with E-state index in [1.807, 2.05) is 36.4 Å². The van der Waals surface area contributed by atoms with Gasteiger partial charge in [-0.3, -0.25) is 14.9 Å². The average Bonchev–Trinajstić information content (AvgIpc) is 3.60. The first-order valence-electron chi connectivity index (χ1n) is 15.9. The summed E-state index contributed by atoms with van der Waals surface area (Å²) in [4.78, 5) is 68.0. The van der Waals surface area contributed by atoms with Crippen LogP contribution in [0.1, 0.15) is 61.4 Å².